The molecule has 0 unspecified atom stereocenters. The smallest absolute Gasteiger partial charge is 0.309 e. The molecule has 31 heavy (non-hydrogen) atoms. The lowest BCUT2D eigenvalue weighted by atomic mass is 9.76. The van der Waals surface area contributed by atoms with Crippen molar-refractivity contribution in [2.24, 2.45) is 23.7 Å². The van der Waals surface area contributed by atoms with Crippen LogP contribution in [0.5, 0.6) is 0 Å². The Labute approximate surface area is 180 Å². The van der Waals surface area contributed by atoms with E-state index in [-0.39, 0.29) is 11.8 Å². The molecule has 7 atom stereocenters. The Kier molecular flexibility index (Phi) is 8.18. The number of fused-ring (bicyclic) bond motifs is 2. The van der Waals surface area contributed by atoms with E-state index in [2.05, 4.69) is 0 Å². The van der Waals surface area contributed by atoms with E-state index in [9.17, 15) is 24.0 Å². The van der Waals surface area contributed by atoms with Crippen LogP contribution in [0.2, 0.25) is 0 Å². The van der Waals surface area contributed by atoms with Gasteiger partial charge in [0.2, 0.25) is 0 Å². The molecule has 0 amide bonds. The molecule has 0 saturated heterocycles. The number of hydrogen-bond acceptors (Lipinski definition) is 10. The van der Waals surface area contributed by atoms with Gasteiger partial charge < -0.3 is 23.7 Å². The summed E-state index contributed by atoms with van der Waals surface area (Å²) in [5.41, 5.74) is 0. The van der Waals surface area contributed by atoms with E-state index in [1.165, 1.54) is 21.0 Å². The number of rotatable bonds is 9. The van der Waals surface area contributed by atoms with Gasteiger partial charge in [-0.15, -0.1) is 0 Å². The van der Waals surface area contributed by atoms with Crippen LogP contribution in [0.1, 0.15) is 34.1 Å². The summed E-state index contributed by atoms with van der Waals surface area (Å²) in [5, 5.41) is 0. The molecule has 1 fully saturated rings. The maximum Gasteiger partial charge on any atom is 0.309 e. The minimum atomic E-state index is -1.31. The van der Waals surface area contributed by atoms with Crippen LogP contribution in [0.15, 0.2) is 12.2 Å². The molecule has 2 bridgehead atoms. The molecular weight excluding hydrogens is 412 g/mol. The maximum absolute atomic E-state index is 12.6. The molecule has 2 rings (SSSR count). The van der Waals surface area contributed by atoms with Crippen molar-refractivity contribution in [2.45, 2.75) is 52.4 Å². The van der Waals surface area contributed by atoms with Gasteiger partial charge >= 0.3 is 29.8 Å². The second-order valence-electron chi connectivity index (χ2n) is 7.67. The van der Waals surface area contributed by atoms with Gasteiger partial charge in [0.05, 0.1) is 13.0 Å². The summed E-state index contributed by atoms with van der Waals surface area (Å²) in [4.78, 5) is 59.5. The molecule has 0 N–H and O–H groups in total. The molecule has 0 spiro atoms. The normalized spacial score (nSPS) is 26.4. The predicted molar refractivity (Wildman–Crippen MR) is 103 cm³/mol. The summed E-state index contributed by atoms with van der Waals surface area (Å²) in [7, 11) is 1.27. The number of methoxy groups -OCH3 is 1. The SMILES string of the molecule is COC(=O)[C@H]1[C@@H]([C@@H](OC(C)=O)[C@H](OC(C)=O)[C@@H](COC(C)=O)OC(C)=O)[C@H]2C=C[C@@H]1C2. The second kappa shape index (κ2) is 10.4. The van der Waals surface area contributed by atoms with E-state index in [1.54, 1.807) is 0 Å². The van der Waals surface area contributed by atoms with E-state index in [1.807, 2.05) is 12.2 Å². The highest BCUT2D eigenvalue weighted by Crippen LogP contribution is 2.51. The Balaban J connectivity index is 2.49. The monoisotopic (exact) mass is 440 g/mol. The first-order valence-electron chi connectivity index (χ1n) is 9.96. The van der Waals surface area contributed by atoms with Crippen LogP contribution in [-0.4, -0.2) is 61.9 Å². The van der Waals surface area contributed by atoms with Crippen molar-refractivity contribution in [3.05, 3.63) is 12.2 Å². The van der Waals surface area contributed by atoms with Crippen LogP contribution in [0.4, 0.5) is 0 Å². The van der Waals surface area contributed by atoms with Crippen molar-refractivity contribution in [2.75, 3.05) is 13.7 Å². The Bertz CT molecular complexity index is 757. The standard InChI is InChI=1S/C21H28O10/c1-10(22)28-9-16(29-11(2)23)19(30-12(3)24)20(31-13(4)25)17-14-6-7-15(8-14)18(17)21(26)27-5/h6-7,14-20H,8-9H2,1-5H3/t14-,15+,16+,17-,18+,19+,20+/m0/s1. The minimum Gasteiger partial charge on any atom is -0.469 e. The number of carbonyl (C=O) groups excluding carboxylic acids is 5. The third-order valence-electron chi connectivity index (χ3n) is 5.44. The largest absolute Gasteiger partial charge is 0.469 e. The van der Waals surface area contributed by atoms with Gasteiger partial charge in [0.25, 0.3) is 0 Å². The molecule has 0 aromatic carbocycles. The van der Waals surface area contributed by atoms with Crippen molar-refractivity contribution in [3.63, 3.8) is 0 Å². The number of esters is 5. The van der Waals surface area contributed by atoms with Crippen molar-refractivity contribution < 1.29 is 47.7 Å². The second-order valence-corrected chi connectivity index (χ2v) is 7.67. The third-order valence-corrected chi connectivity index (χ3v) is 5.44. The molecule has 0 aromatic rings. The Morgan fingerprint density at radius 2 is 1.42 bits per heavy atom. The Morgan fingerprint density at radius 3 is 1.94 bits per heavy atom. The van der Waals surface area contributed by atoms with E-state index >= 15 is 0 Å². The highest BCUT2D eigenvalue weighted by atomic mass is 16.6. The first-order valence-corrected chi connectivity index (χ1v) is 9.96. The summed E-state index contributed by atoms with van der Waals surface area (Å²) in [5.74, 6) is -4.75. The predicted octanol–water partition coefficient (Wildman–Crippen LogP) is 0.956. The number of carbonyl (C=O) groups is 5. The molecule has 10 nitrogen and oxygen atoms in total. The molecule has 0 heterocycles. The molecule has 2 aliphatic carbocycles. The maximum atomic E-state index is 12.6. The zero-order chi connectivity index (χ0) is 23.3. The minimum absolute atomic E-state index is 0.126. The van der Waals surface area contributed by atoms with E-state index < -0.39 is 66.6 Å². The van der Waals surface area contributed by atoms with Crippen LogP contribution in [0, 0.1) is 23.7 Å². The van der Waals surface area contributed by atoms with Gasteiger partial charge in [-0.25, -0.2) is 0 Å². The van der Waals surface area contributed by atoms with Gasteiger partial charge in [-0.05, 0) is 18.3 Å². The average molecular weight is 440 g/mol. The van der Waals surface area contributed by atoms with Gasteiger partial charge in [-0.3, -0.25) is 24.0 Å². The van der Waals surface area contributed by atoms with E-state index in [0.29, 0.717) is 6.42 Å². The van der Waals surface area contributed by atoms with Gasteiger partial charge in [0.1, 0.15) is 12.7 Å². The topological polar surface area (TPSA) is 132 Å². The first-order chi connectivity index (χ1) is 14.5. The lowest BCUT2D eigenvalue weighted by Gasteiger charge is -2.38. The molecule has 0 aromatic heterocycles. The zero-order valence-corrected chi connectivity index (χ0v) is 18.2. The van der Waals surface area contributed by atoms with Crippen molar-refractivity contribution in [1.29, 1.82) is 0 Å². The molecular formula is C21H28O10. The quantitative estimate of drug-likeness (QED) is 0.290. The van der Waals surface area contributed by atoms with Crippen molar-refractivity contribution >= 4 is 29.8 Å². The van der Waals surface area contributed by atoms with Crippen LogP contribution in [-0.2, 0) is 47.7 Å². The van der Waals surface area contributed by atoms with Crippen LogP contribution in [0.3, 0.4) is 0 Å². The molecule has 0 aliphatic heterocycles. The fourth-order valence-corrected chi connectivity index (χ4v) is 4.49. The van der Waals surface area contributed by atoms with Crippen molar-refractivity contribution in [3.8, 4) is 0 Å². The lowest BCUT2D eigenvalue weighted by molar-refractivity contribution is -0.197. The van der Waals surface area contributed by atoms with Crippen LogP contribution >= 0.6 is 0 Å². The van der Waals surface area contributed by atoms with E-state index in [0.717, 1.165) is 13.8 Å². The van der Waals surface area contributed by atoms with E-state index in [4.69, 9.17) is 23.7 Å². The molecule has 10 heteroatoms. The highest BCUT2D eigenvalue weighted by Gasteiger charge is 2.56. The lowest BCUT2D eigenvalue weighted by Crippen LogP contribution is -2.53. The van der Waals surface area contributed by atoms with Crippen LogP contribution in [0.25, 0.3) is 0 Å². The zero-order valence-electron chi connectivity index (χ0n) is 18.2. The molecule has 172 valence electrons. The number of allylic oxidation sites excluding steroid dienone is 2. The summed E-state index contributed by atoms with van der Waals surface area (Å²) in [6.45, 7) is 4.21. The molecule has 1 saturated carbocycles. The Hall–Kier alpha value is -2.91. The summed E-state index contributed by atoms with van der Waals surface area (Å²) >= 11 is 0. The van der Waals surface area contributed by atoms with Gasteiger partial charge in [-0.2, -0.15) is 0 Å². The Morgan fingerprint density at radius 1 is 0.839 bits per heavy atom. The first kappa shape index (κ1) is 24.4. The van der Waals surface area contributed by atoms with Crippen molar-refractivity contribution in [1.82, 2.24) is 0 Å². The fourth-order valence-electron chi connectivity index (χ4n) is 4.49. The molecule has 0 radical (unpaired) electrons. The van der Waals surface area contributed by atoms with Crippen LogP contribution < -0.4 is 0 Å². The number of hydrogen-bond donors (Lipinski definition) is 0. The average Bonchev–Trinajstić information content (AvgIpc) is 3.28. The van der Waals surface area contributed by atoms with Gasteiger partial charge in [0, 0.05) is 33.6 Å². The highest BCUT2D eigenvalue weighted by molar-refractivity contribution is 5.75. The van der Waals surface area contributed by atoms with Gasteiger partial charge in [0.15, 0.2) is 12.2 Å². The number of ether oxygens (including phenoxy) is 5. The van der Waals surface area contributed by atoms with Gasteiger partial charge in [-0.1, -0.05) is 12.2 Å². The summed E-state index contributed by atoms with van der Waals surface area (Å²) in [6, 6.07) is 0. The summed E-state index contributed by atoms with van der Waals surface area (Å²) < 4.78 is 26.2. The fraction of sp³-hybridized carbons (Fsp3) is 0.667. The summed E-state index contributed by atoms with van der Waals surface area (Å²) in [6.07, 6.45) is 0.757. The third kappa shape index (κ3) is 6.05. The molecule has 2 aliphatic rings.